The van der Waals surface area contributed by atoms with E-state index in [0.29, 0.717) is 26.2 Å². The van der Waals surface area contributed by atoms with Crippen LogP contribution < -0.4 is 4.90 Å². The topological polar surface area (TPSA) is 70.2 Å². The Bertz CT molecular complexity index is 1020. The third kappa shape index (κ3) is 4.48. The van der Waals surface area contributed by atoms with Gasteiger partial charge in [0, 0.05) is 57.4 Å². The van der Waals surface area contributed by atoms with Gasteiger partial charge in [-0.2, -0.15) is 0 Å². The average molecular weight is 454 g/mol. The summed E-state index contributed by atoms with van der Waals surface area (Å²) in [7, 11) is 1.48. The van der Waals surface area contributed by atoms with Gasteiger partial charge in [0.05, 0.1) is 18.6 Å². The number of piperazine rings is 1. The number of hydrogen-bond donors (Lipinski definition) is 0. The fourth-order valence-corrected chi connectivity index (χ4v) is 4.73. The average Bonchev–Trinajstić information content (AvgIpc) is 3.07. The molecule has 2 aromatic carbocycles. The van der Waals surface area contributed by atoms with Gasteiger partial charge in [0.15, 0.2) is 0 Å². The SMILES string of the molecule is COCCN1C(=O)CC(CC(=O)N2CCN(c3ccccc3)CC2)(c2ccccc2F)C1=O. The normalized spacial score (nSPS) is 21.1. The van der Waals surface area contributed by atoms with Crippen molar-refractivity contribution in [3.05, 3.63) is 66.0 Å². The molecule has 0 spiro atoms. The van der Waals surface area contributed by atoms with Crippen molar-refractivity contribution >= 4 is 23.4 Å². The van der Waals surface area contributed by atoms with E-state index in [4.69, 9.17) is 4.74 Å². The number of amides is 3. The molecule has 1 atom stereocenters. The molecule has 0 N–H and O–H groups in total. The van der Waals surface area contributed by atoms with Crippen molar-refractivity contribution in [3.8, 4) is 0 Å². The number of imide groups is 1. The standard InChI is InChI=1S/C25H28FN3O4/c1-33-16-15-29-23(31)18-25(24(29)32,20-9-5-6-10-21(20)26)17-22(30)28-13-11-27(12-14-28)19-7-3-2-4-8-19/h2-10H,11-18H2,1H3. The van der Waals surface area contributed by atoms with Gasteiger partial charge in [0.1, 0.15) is 5.82 Å². The molecule has 0 aliphatic carbocycles. The summed E-state index contributed by atoms with van der Waals surface area (Å²) in [6.07, 6.45) is -0.473. The smallest absolute Gasteiger partial charge is 0.241 e. The highest BCUT2D eigenvalue weighted by molar-refractivity contribution is 6.10. The molecular weight excluding hydrogens is 425 g/mol. The van der Waals surface area contributed by atoms with Crippen molar-refractivity contribution in [2.24, 2.45) is 0 Å². The Morgan fingerprint density at radius 2 is 1.67 bits per heavy atom. The number of likely N-dealkylation sites (tertiary alicyclic amines) is 1. The highest BCUT2D eigenvalue weighted by Gasteiger charge is 2.55. The summed E-state index contributed by atoms with van der Waals surface area (Å²) in [5.74, 6) is -1.79. The number of halogens is 1. The lowest BCUT2D eigenvalue weighted by Crippen LogP contribution is -2.51. The number of carbonyl (C=O) groups is 3. The maximum Gasteiger partial charge on any atom is 0.241 e. The predicted octanol–water partition coefficient (Wildman–Crippen LogP) is 2.21. The van der Waals surface area contributed by atoms with Crippen LogP contribution in [0.5, 0.6) is 0 Å². The molecule has 0 bridgehead atoms. The van der Waals surface area contributed by atoms with Crippen LogP contribution in [0.15, 0.2) is 54.6 Å². The van der Waals surface area contributed by atoms with E-state index in [-0.39, 0.29) is 37.5 Å². The lowest BCUT2D eigenvalue weighted by molar-refractivity contribution is -0.143. The molecule has 2 aliphatic rings. The lowest BCUT2D eigenvalue weighted by Gasteiger charge is -2.37. The molecule has 3 amide bonds. The van der Waals surface area contributed by atoms with Crippen LogP contribution in [0.25, 0.3) is 0 Å². The van der Waals surface area contributed by atoms with E-state index in [9.17, 15) is 18.8 Å². The minimum atomic E-state index is -1.54. The van der Waals surface area contributed by atoms with E-state index in [1.807, 2.05) is 30.3 Å². The minimum Gasteiger partial charge on any atom is -0.383 e. The number of hydrogen-bond acceptors (Lipinski definition) is 5. The molecule has 2 aliphatic heterocycles. The van der Waals surface area contributed by atoms with E-state index < -0.39 is 23.0 Å². The lowest BCUT2D eigenvalue weighted by atomic mass is 9.75. The summed E-state index contributed by atoms with van der Waals surface area (Å²) in [6, 6.07) is 15.9. The van der Waals surface area contributed by atoms with Gasteiger partial charge in [0.25, 0.3) is 0 Å². The highest BCUT2D eigenvalue weighted by atomic mass is 19.1. The van der Waals surface area contributed by atoms with Gasteiger partial charge < -0.3 is 14.5 Å². The van der Waals surface area contributed by atoms with Gasteiger partial charge in [0.2, 0.25) is 17.7 Å². The second-order valence-electron chi connectivity index (χ2n) is 8.46. The summed E-state index contributed by atoms with van der Waals surface area (Å²) >= 11 is 0. The first-order chi connectivity index (χ1) is 16.0. The highest BCUT2D eigenvalue weighted by Crippen LogP contribution is 2.41. The van der Waals surface area contributed by atoms with E-state index in [1.54, 1.807) is 11.0 Å². The van der Waals surface area contributed by atoms with Gasteiger partial charge >= 0.3 is 0 Å². The number of para-hydroxylation sites is 1. The molecule has 33 heavy (non-hydrogen) atoms. The summed E-state index contributed by atoms with van der Waals surface area (Å²) in [6.45, 7) is 2.58. The third-order valence-corrected chi connectivity index (χ3v) is 6.52. The van der Waals surface area contributed by atoms with Crippen LogP contribution in [-0.2, 0) is 24.5 Å². The van der Waals surface area contributed by atoms with Crippen molar-refractivity contribution in [2.45, 2.75) is 18.3 Å². The first kappa shape index (κ1) is 22.9. The van der Waals surface area contributed by atoms with Crippen LogP contribution >= 0.6 is 0 Å². The Hall–Kier alpha value is -3.26. The maximum absolute atomic E-state index is 14.9. The first-order valence-electron chi connectivity index (χ1n) is 11.1. The summed E-state index contributed by atoms with van der Waals surface area (Å²) in [4.78, 5) is 44.5. The van der Waals surface area contributed by atoms with Crippen LogP contribution in [-0.4, -0.2) is 74.0 Å². The fraction of sp³-hybridized carbons (Fsp3) is 0.400. The first-order valence-corrected chi connectivity index (χ1v) is 11.1. The van der Waals surface area contributed by atoms with E-state index in [0.717, 1.165) is 10.6 Å². The Morgan fingerprint density at radius 3 is 2.33 bits per heavy atom. The Kier molecular flexibility index (Phi) is 6.74. The van der Waals surface area contributed by atoms with Crippen LogP contribution in [0, 0.1) is 5.82 Å². The molecule has 1 unspecified atom stereocenters. The summed E-state index contributed by atoms with van der Waals surface area (Å²) < 4.78 is 19.9. The van der Waals surface area contributed by atoms with Crippen molar-refractivity contribution in [3.63, 3.8) is 0 Å². The van der Waals surface area contributed by atoms with Gasteiger partial charge in [-0.1, -0.05) is 36.4 Å². The van der Waals surface area contributed by atoms with Crippen LogP contribution in [0.4, 0.5) is 10.1 Å². The van der Waals surface area contributed by atoms with E-state index in [1.165, 1.54) is 25.3 Å². The van der Waals surface area contributed by atoms with E-state index >= 15 is 0 Å². The van der Waals surface area contributed by atoms with Crippen molar-refractivity contribution in [1.29, 1.82) is 0 Å². The van der Waals surface area contributed by atoms with Crippen LogP contribution in [0.3, 0.4) is 0 Å². The molecule has 0 saturated carbocycles. The predicted molar refractivity (Wildman–Crippen MR) is 121 cm³/mol. The second-order valence-corrected chi connectivity index (χ2v) is 8.46. The maximum atomic E-state index is 14.9. The molecule has 2 fully saturated rings. The summed E-state index contributed by atoms with van der Waals surface area (Å²) in [5.41, 5.74) is -0.346. The zero-order valence-electron chi connectivity index (χ0n) is 18.7. The van der Waals surface area contributed by atoms with Gasteiger partial charge in [-0.05, 0) is 18.2 Å². The van der Waals surface area contributed by atoms with Crippen molar-refractivity contribution in [2.75, 3.05) is 51.3 Å². The number of anilines is 1. The van der Waals surface area contributed by atoms with Crippen molar-refractivity contribution < 1.29 is 23.5 Å². The number of ether oxygens (including phenoxy) is 1. The zero-order valence-corrected chi connectivity index (χ0v) is 18.7. The molecule has 7 nitrogen and oxygen atoms in total. The summed E-state index contributed by atoms with van der Waals surface area (Å²) in [5, 5.41) is 0. The molecule has 174 valence electrons. The number of benzene rings is 2. The quantitative estimate of drug-likeness (QED) is 0.602. The molecule has 0 aromatic heterocycles. The number of rotatable bonds is 7. The number of nitrogens with zero attached hydrogens (tertiary/aromatic N) is 3. The Balaban J connectivity index is 1.54. The van der Waals surface area contributed by atoms with Gasteiger partial charge in [-0.25, -0.2) is 4.39 Å². The van der Waals surface area contributed by atoms with Crippen molar-refractivity contribution in [1.82, 2.24) is 9.80 Å². The fourth-order valence-electron chi connectivity index (χ4n) is 4.73. The Labute approximate surface area is 192 Å². The molecule has 4 rings (SSSR count). The van der Waals surface area contributed by atoms with Gasteiger partial charge in [-0.15, -0.1) is 0 Å². The monoisotopic (exact) mass is 453 g/mol. The van der Waals surface area contributed by atoms with Crippen LogP contribution in [0.2, 0.25) is 0 Å². The molecule has 0 radical (unpaired) electrons. The molecule has 8 heteroatoms. The van der Waals surface area contributed by atoms with Gasteiger partial charge in [-0.3, -0.25) is 19.3 Å². The molecule has 2 aromatic rings. The van der Waals surface area contributed by atoms with E-state index in [2.05, 4.69) is 4.90 Å². The zero-order chi connectivity index (χ0) is 23.4. The number of carbonyl (C=O) groups excluding carboxylic acids is 3. The number of methoxy groups -OCH3 is 1. The third-order valence-electron chi connectivity index (χ3n) is 6.52. The second kappa shape index (κ2) is 9.70. The molecule has 2 heterocycles. The molecule has 2 saturated heterocycles. The Morgan fingerprint density at radius 1 is 1.00 bits per heavy atom. The van der Waals surface area contributed by atoms with Crippen LogP contribution in [0.1, 0.15) is 18.4 Å². The molecular formula is C25H28FN3O4. The largest absolute Gasteiger partial charge is 0.383 e. The minimum absolute atomic E-state index is 0.0777.